The van der Waals surface area contributed by atoms with Gasteiger partial charge >= 0.3 is 0 Å². The van der Waals surface area contributed by atoms with Crippen LogP contribution in [0.5, 0.6) is 0 Å². The molecule has 2 aromatic heterocycles. The molecule has 0 atom stereocenters. The van der Waals surface area contributed by atoms with Crippen molar-refractivity contribution in [2.24, 2.45) is 0 Å². The summed E-state index contributed by atoms with van der Waals surface area (Å²) in [6, 6.07) is 4.51. The average molecular weight is 272 g/mol. The standard InChI is InChI=1S/C15H20N4O/c1-3-16-15-17-9-11(2)14(18-15)19(12-6-7-12)10-13-5-4-8-20-13/h4-5,8-9,12H,3,6-7,10H2,1-2H3,(H,16,17,18). The molecule has 1 fully saturated rings. The lowest BCUT2D eigenvalue weighted by atomic mass is 10.3. The lowest BCUT2D eigenvalue weighted by molar-refractivity contribution is 0.500. The second-order valence-corrected chi connectivity index (χ2v) is 5.17. The molecule has 3 rings (SSSR count). The maximum absolute atomic E-state index is 5.48. The number of nitrogens with one attached hydrogen (secondary N) is 1. The Morgan fingerprint density at radius 3 is 2.95 bits per heavy atom. The molecule has 5 nitrogen and oxygen atoms in total. The monoisotopic (exact) mass is 272 g/mol. The van der Waals surface area contributed by atoms with E-state index in [1.54, 1.807) is 6.26 Å². The van der Waals surface area contributed by atoms with Crippen LogP contribution < -0.4 is 10.2 Å². The van der Waals surface area contributed by atoms with E-state index in [0.29, 0.717) is 12.0 Å². The molecule has 0 unspecified atom stereocenters. The fourth-order valence-electron chi connectivity index (χ4n) is 2.30. The van der Waals surface area contributed by atoms with E-state index >= 15 is 0 Å². The van der Waals surface area contributed by atoms with Gasteiger partial charge in [-0.05, 0) is 38.8 Å². The van der Waals surface area contributed by atoms with E-state index in [1.165, 1.54) is 12.8 Å². The van der Waals surface area contributed by atoms with Gasteiger partial charge in [0.25, 0.3) is 0 Å². The predicted octanol–water partition coefficient (Wildman–Crippen LogP) is 2.98. The van der Waals surface area contributed by atoms with Gasteiger partial charge in [0.15, 0.2) is 0 Å². The van der Waals surface area contributed by atoms with Crippen LogP contribution in [0.25, 0.3) is 0 Å². The number of nitrogens with zero attached hydrogens (tertiary/aromatic N) is 3. The third kappa shape index (κ3) is 2.76. The topological polar surface area (TPSA) is 54.2 Å². The van der Waals surface area contributed by atoms with Crippen molar-refractivity contribution in [3.63, 3.8) is 0 Å². The van der Waals surface area contributed by atoms with Gasteiger partial charge in [-0.15, -0.1) is 0 Å². The molecule has 0 aliphatic heterocycles. The van der Waals surface area contributed by atoms with Gasteiger partial charge in [-0.25, -0.2) is 4.98 Å². The number of furan rings is 1. The highest BCUT2D eigenvalue weighted by atomic mass is 16.3. The first kappa shape index (κ1) is 13.0. The van der Waals surface area contributed by atoms with Gasteiger partial charge < -0.3 is 14.6 Å². The van der Waals surface area contributed by atoms with E-state index < -0.39 is 0 Å². The highest BCUT2D eigenvalue weighted by Crippen LogP contribution is 2.33. The molecule has 1 aliphatic rings. The average Bonchev–Trinajstić information content (AvgIpc) is 3.16. The number of anilines is 2. The summed E-state index contributed by atoms with van der Waals surface area (Å²) >= 11 is 0. The zero-order valence-corrected chi connectivity index (χ0v) is 12.0. The minimum atomic E-state index is 0.572. The van der Waals surface area contributed by atoms with Crippen molar-refractivity contribution in [1.82, 2.24) is 9.97 Å². The molecule has 0 aromatic carbocycles. The van der Waals surface area contributed by atoms with Crippen LogP contribution in [0.1, 0.15) is 31.1 Å². The van der Waals surface area contributed by atoms with Crippen molar-refractivity contribution in [2.75, 3.05) is 16.8 Å². The number of hydrogen-bond donors (Lipinski definition) is 1. The molecule has 2 heterocycles. The lowest BCUT2D eigenvalue weighted by Crippen LogP contribution is -2.27. The first-order chi connectivity index (χ1) is 9.78. The smallest absolute Gasteiger partial charge is 0.224 e. The third-order valence-corrected chi connectivity index (χ3v) is 3.45. The Balaban J connectivity index is 1.88. The van der Waals surface area contributed by atoms with Gasteiger partial charge in [0.2, 0.25) is 5.95 Å². The van der Waals surface area contributed by atoms with Crippen LogP contribution in [-0.2, 0) is 6.54 Å². The van der Waals surface area contributed by atoms with Crippen LogP contribution in [-0.4, -0.2) is 22.6 Å². The van der Waals surface area contributed by atoms with Crippen molar-refractivity contribution < 1.29 is 4.42 Å². The normalized spacial score (nSPS) is 14.3. The van der Waals surface area contributed by atoms with E-state index in [9.17, 15) is 0 Å². The quantitative estimate of drug-likeness (QED) is 0.876. The maximum atomic E-state index is 5.48. The molecule has 1 saturated carbocycles. The minimum Gasteiger partial charge on any atom is -0.467 e. The first-order valence-corrected chi connectivity index (χ1v) is 7.14. The van der Waals surface area contributed by atoms with Crippen LogP contribution in [0.15, 0.2) is 29.0 Å². The van der Waals surface area contributed by atoms with Gasteiger partial charge in [0.05, 0.1) is 12.8 Å². The summed E-state index contributed by atoms with van der Waals surface area (Å²) in [5.74, 6) is 2.67. The molecule has 2 aromatic rings. The third-order valence-electron chi connectivity index (χ3n) is 3.45. The molecular weight excluding hydrogens is 252 g/mol. The van der Waals surface area contributed by atoms with Crippen LogP contribution in [0.4, 0.5) is 11.8 Å². The number of aromatic nitrogens is 2. The van der Waals surface area contributed by atoms with Crippen LogP contribution in [0.2, 0.25) is 0 Å². The van der Waals surface area contributed by atoms with Crippen LogP contribution in [0, 0.1) is 6.92 Å². The number of rotatable bonds is 6. The van der Waals surface area contributed by atoms with Gasteiger partial charge in [0, 0.05) is 24.3 Å². The summed E-state index contributed by atoms with van der Waals surface area (Å²) in [4.78, 5) is 11.3. The van der Waals surface area contributed by atoms with E-state index in [2.05, 4.69) is 27.1 Å². The molecule has 20 heavy (non-hydrogen) atoms. The molecule has 0 radical (unpaired) electrons. The van der Waals surface area contributed by atoms with Crippen molar-refractivity contribution in [2.45, 2.75) is 39.3 Å². The molecular formula is C15H20N4O. The minimum absolute atomic E-state index is 0.572. The summed E-state index contributed by atoms with van der Waals surface area (Å²) in [5.41, 5.74) is 1.10. The molecule has 5 heteroatoms. The molecule has 0 bridgehead atoms. The van der Waals surface area contributed by atoms with Crippen molar-refractivity contribution >= 4 is 11.8 Å². The van der Waals surface area contributed by atoms with Gasteiger partial charge in [-0.3, -0.25) is 0 Å². The first-order valence-electron chi connectivity index (χ1n) is 7.14. The van der Waals surface area contributed by atoms with Gasteiger partial charge in [-0.1, -0.05) is 0 Å². The van der Waals surface area contributed by atoms with E-state index in [0.717, 1.165) is 30.2 Å². The van der Waals surface area contributed by atoms with Gasteiger partial charge in [-0.2, -0.15) is 4.98 Å². The zero-order chi connectivity index (χ0) is 13.9. The Bertz CT molecular complexity index is 563. The fourth-order valence-corrected chi connectivity index (χ4v) is 2.30. The van der Waals surface area contributed by atoms with Crippen molar-refractivity contribution in [1.29, 1.82) is 0 Å². The molecule has 0 spiro atoms. The Morgan fingerprint density at radius 2 is 2.30 bits per heavy atom. The fraction of sp³-hybridized carbons (Fsp3) is 0.467. The Hall–Kier alpha value is -2.04. The van der Waals surface area contributed by atoms with Crippen molar-refractivity contribution in [3.05, 3.63) is 35.9 Å². The second kappa shape index (κ2) is 5.53. The predicted molar refractivity (Wildman–Crippen MR) is 78.8 cm³/mol. The van der Waals surface area contributed by atoms with Crippen LogP contribution in [0.3, 0.4) is 0 Å². The van der Waals surface area contributed by atoms with E-state index in [4.69, 9.17) is 4.42 Å². The summed E-state index contributed by atoms with van der Waals surface area (Å²) in [6.45, 7) is 5.69. The SMILES string of the molecule is CCNc1ncc(C)c(N(Cc2ccco2)C2CC2)n1. The summed E-state index contributed by atoms with van der Waals surface area (Å²) in [6.07, 6.45) is 6.05. The maximum Gasteiger partial charge on any atom is 0.224 e. The Labute approximate surface area is 119 Å². The molecule has 0 saturated heterocycles. The van der Waals surface area contributed by atoms with E-state index in [1.807, 2.05) is 25.3 Å². The zero-order valence-electron chi connectivity index (χ0n) is 12.0. The molecule has 0 amide bonds. The second-order valence-electron chi connectivity index (χ2n) is 5.17. The lowest BCUT2D eigenvalue weighted by Gasteiger charge is -2.24. The Morgan fingerprint density at radius 1 is 1.45 bits per heavy atom. The van der Waals surface area contributed by atoms with Crippen LogP contribution >= 0.6 is 0 Å². The van der Waals surface area contributed by atoms with E-state index in [-0.39, 0.29) is 0 Å². The Kier molecular flexibility index (Phi) is 3.58. The van der Waals surface area contributed by atoms with Gasteiger partial charge in [0.1, 0.15) is 11.6 Å². The summed E-state index contributed by atoms with van der Waals surface area (Å²) < 4.78 is 5.48. The molecule has 106 valence electrons. The highest BCUT2D eigenvalue weighted by Gasteiger charge is 2.31. The number of aryl methyl sites for hydroxylation is 1. The summed E-state index contributed by atoms with van der Waals surface area (Å²) in [7, 11) is 0. The molecule has 1 N–H and O–H groups in total. The van der Waals surface area contributed by atoms with Crippen molar-refractivity contribution in [3.8, 4) is 0 Å². The largest absolute Gasteiger partial charge is 0.467 e. The summed E-state index contributed by atoms with van der Waals surface area (Å²) in [5, 5.41) is 3.18. The molecule has 1 aliphatic carbocycles. The highest BCUT2D eigenvalue weighted by molar-refractivity contribution is 5.51. The number of hydrogen-bond acceptors (Lipinski definition) is 5.